The van der Waals surface area contributed by atoms with Crippen molar-refractivity contribution in [2.45, 2.75) is 12.5 Å². The molecule has 0 aliphatic rings. The van der Waals surface area contributed by atoms with Gasteiger partial charge in [0.1, 0.15) is 5.82 Å². The third kappa shape index (κ3) is 2.95. The van der Waals surface area contributed by atoms with Crippen LogP contribution in [0.25, 0.3) is 0 Å². The number of hydrogen-bond acceptors (Lipinski definition) is 3. The Morgan fingerprint density at radius 3 is 2.94 bits per heavy atom. The molecule has 18 heavy (non-hydrogen) atoms. The lowest BCUT2D eigenvalue weighted by Crippen LogP contribution is -2.29. The van der Waals surface area contributed by atoms with E-state index < -0.39 is 0 Å². The molecule has 1 atom stereocenters. The van der Waals surface area contributed by atoms with Gasteiger partial charge in [0.25, 0.3) is 0 Å². The normalized spacial score (nSPS) is 12.7. The molecule has 0 aliphatic carbocycles. The molecule has 1 heterocycles. The Balaban J connectivity index is 2.22. The summed E-state index contributed by atoms with van der Waals surface area (Å²) in [6.07, 6.45) is 4.22. The van der Waals surface area contributed by atoms with Crippen LogP contribution in [0.1, 0.15) is 17.2 Å². The number of hydrogen-bond donors (Lipinski definition) is 2. The van der Waals surface area contributed by atoms with Crippen LogP contribution in [0.3, 0.4) is 0 Å². The summed E-state index contributed by atoms with van der Waals surface area (Å²) < 4.78 is 15.8. The minimum atomic E-state index is -0.254. The van der Waals surface area contributed by atoms with E-state index in [0.717, 1.165) is 15.6 Å². The highest BCUT2D eigenvalue weighted by atomic mass is 79.9. The van der Waals surface area contributed by atoms with Crippen LogP contribution in [0.2, 0.25) is 0 Å². The number of nitrogens with two attached hydrogens (primary N) is 1. The van der Waals surface area contributed by atoms with Crippen molar-refractivity contribution in [1.29, 1.82) is 0 Å². The maximum Gasteiger partial charge on any atom is 0.123 e. The summed E-state index contributed by atoms with van der Waals surface area (Å²) in [5.41, 5.74) is 4.56. The number of aromatic nitrogens is 2. The summed E-state index contributed by atoms with van der Waals surface area (Å²) in [6, 6.07) is 4.52. The Morgan fingerprint density at radius 2 is 2.33 bits per heavy atom. The quantitative estimate of drug-likeness (QED) is 0.671. The number of halogens is 2. The van der Waals surface area contributed by atoms with E-state index in [4.69, 9.17) is 5.84 Å². The van der Waals surface area contributed by atoms with Crippen molar-refractivity contribution in [2.75, 3.05) is 0 Å². The van der Waals surface area contributed by atoms with Crippen molar-refractivity contribution in [3.8, 4) is 0 Å². The van der Waals surface area contributed by atoms with E-state index in [9.17, 15) is 4.39 Å². The lowest BCUT2D eigenvalue weighted by atomic mass is 10.0. The van der Waals surface area contributed by atoms with Gasteiger partial charge in [-0.1, -0.05) is 15.9 Å². The number of rotatable bonds is 4. The van der Waals surface area contributed by atoms with E-state index in [0.29, 0.717) is 6.42 Å². The third-order valence-corrected chi connectivity index (χ3v) is 3.53. The molecule has 2 rings (SSSR count). The van der Waals surface area contributed by atoms with Gasteiger partial charge in [0.05, 0.1) is 12.2 Å². The smallest absolute Gasteiger partial charge is 0.123 e. The summed E-state index contributed by atoms with van der Waals surface area (Å²) in [4.78, 5) is 0. The molecule has 0 amide bonds. The molecule has 0 spiro atoms. The average Bonchev–Trinajstić information content (AvgIpc) is 2.77. The van der Waals surface area contributed by atoms with Crippen molar-refractivity contribution < 1.29 is 4.39 Å². The molecule has 96 valence electrons. The van der Waals surface area contributed by atoms with Crippen molar-refractivity contribution in [3.05, 3.63) is 52.0 Å². The zero-order valence-corrected chi connectivity index (χ0v) is 11.5. The van der Waals surface area contributed by atoms with Gasteiger partial charge in [0.2, 0.25) is 0 Å². The molecule has 6 heteroatoms. The number of nitrogens with one attached hydrogen (secondary N) is 1. The fourth-order valence-electron chi connectivity index (χ4n) is 1.81. The maximum atomic E-state index is 13.2. The van der Waals surface area contributed by atoms with Crippen molar-refractivity contribution in [2.24, 2.45) is 12.9 Å². The molecule has 4 nitrogen and oxygen atoms in total. The molecule has 0 radical (unpaired) electrons. The SMILES string of the molecule is Cn1cc(C(Cc2cc(F)ccc2Br)NN)cn1. The molecule has 0 bridgehead atoms. The first-order chi connectivity index (χ1) is 8.60. The van der Waals surface area contributed by atoms with Gasteiger partial charge >= 0.3 is 0 Å². The molecule has 1 aromatic carbocycles. The molecular formula is C12H14BrFN4. The van der Waals surface area contributed by atoms with Crippen LogP contribution in [0.15, 0.2) is 35.1 Å². The molecule has 0 saturated carbocycles. The summed E-state index contributed by atoms with van der Waals surface area (Å²) in [7, 11) is 1.84. The lowest BCUT2D eigenvalue weighted by Gasteiger charge is -2.15. The van der Waals surface area contributed by atoms with Gasteiger partial charge < -0.3 is 0 Å². The summed E-state index contributed by atoms with van der Waals surface area (Å²) in [5.74, 6) is 5.30. The predicted octanol–water partition coefficient (Wildman–Crippen LogP) is 2.07. The van der Waals surface area contributed by atoms with Crippen LogP contribution >= 0.6 is 15.9 Å². The standard InChI is InChI=1S/C12H14BrFN4/c1-18-7-9(6-16-18)12(17-15)5-8-4-10(14)2-3-11(8)13/h2-4,6-7,12,17H,5,15H2,1H3. The van der Waals surface area contributed by atoms with E-state index in [1.165, 1.54) is 12.1 Å². The summed E-state index contributed by atoms with van der Waals surface area (Å²) in [5, 5.41) is 4.10. The van der Waals surface area contributed by atoms with Crippen LogP contribution in [0.4, 0.5) is 4.39 Å². The Bertz CT molecular complexity index is 541. The van der Waals surface area contributed by atoms with Crippen LogP contribution in [-0.4, -0.2) is 9.78 Å². The number of benzene rings is 1. The van der Waals surface area contributed by atoms with E-state index in [-0.39, 0.29) is 11.9 Å². The average molecular weight is 313 g/mol. The predicted molar refractivity (Wildman–Crippen MR) is 71.1 cm³/mol. The van der Waals surface area contributed by atoms with E-state index in [1.807, 2.05) is 13.2 Å². The minimum Gasteiger partial charge on any atom is -0.275 e. The van der Waals surface area contributed by atoms with E-state index >= 15 is 0 Å². The van der Waals surface area contributed by atoms with Gasteiger partial charge in [-0.3, -0.25) is 16.0 Å². The van der Waals surface area contributed by atoms with E-state index in [2.05, 4.69) is 26.5 Å². The molecule has 1 unspecified atom stereocenters. The van der Waals surface area contributed by atoms with Gasteiger partial charge in [0, 0.05) is 23.3 Å². The van der Waals surface area contributed by atoms with Gasteiger partial charge in [-0.2, -0.15) is 5.10 Å². The fourth-order valence-corrected chi connectivity index (χ4v) is 2.22. The van der Waals surface area contributed by atoms with Crippen molar-refractivity contribution in [1.82, 2.24) is 15.2 Å². The van der Waals surface area contributed by atoms with Crippen LogP contribution in [-0.2, 0) is 13.5 Å². The Kier molecular flexibility index (Phi) is 4.11. The highest BCUT2D eigenvalue weighted by Crippen LogP contribution is 2.24. The topological polar surface area (TPSA) is 55.9 Å². The fraction of sp³-hybridized carbons (Fsp3) is 0.250. The first kappa shape index (κ1) is 13.2. The van der Waals surface area contributed by atoms with E-state index in [1.54, 1.807) is 16.9 Å². The lowest BCUT2D eigenvalue weighted by molar-refractivity contribution is 0.547. The zero-order chi connectivity index (χ0) is 13.1. The second kappa shape index (κ2) is 5.60. The zero-order valence-electron chi connectivity index (χ0n) is 9.90. The summed E-state index contributed by atoms with van der Waals surface area (Å²) >= 11 is 3.41. The van der Waals surface area contributed by atoms with Crippen molar-refractivity contribution >= 4 is 15.9 Å². The van der Waals surface area contributed by atoms with Crippen LogP contribution in [0, 0.1) is 5.82 Å². The first-order valence-corrected chi connectivity index (χ1v) is 6.28. The van der Waals surface area contributed by atoms with Crippen molar-refractivity contribution in [3.63, 3.8) is 0 Å². The number of nitrogens with zero attached hydrogens (tertiary/aromatic N) is 2. The third-order valence-electron chi connectivity index (χ3n) is 2.76. The van der Waals surface area contributed by atoms with Gasteiger partial charge in [-0.15, -0.1) is 0 Å². The molecule has 0 saturated heterocycles. The highest BCUT2D eigenvalue weighted by Gasteiger charge is 2.14. The highest BCUT2D eigenvalue weighted by molar-refractivity contribution is 9.10. The van der Waals surface area contributed by atoms with Crippen LogP contribution < -0.4 is 11.3 Å². The number of hydrazine groups is 1. The Morgan fingerprint density at radius 1 is 1.56 bits per heavy atom. The Hall–Kier alpha value is -1.24. The molecule has 0 aliphatic heterocycles. The number of aryl methyl sites for hydroxylation is 1. The van der Waals surface area contributed by atoms with Gasteiger partial charge in [-0.25, -0.2) is 4.39 Å². The molecule has 2 aromatic rings. The first-order valence-electron chi connectivity index (χ1n) is 5.48. The Labute approximate surface area is 113 Å². The van der Waals surface area contributed by atoms with Crippen LogP contribution in [0.5, 0.6) is 0 Å². The molecule has 0 fully saturated rings. The monoisotopic (exact) mass is 312 g/mol. The second-order valence-electron chi connectivity index (χ2n) is 4.11. The molecule has 3 N–H and O–H groups in total. The summed E-state index contributed by atoms with van der Waals surface area (Å²) in [6.45, 7) is 0. The maximum absolute atomic E-state index is 13.2. The second-order valence-corrected chi connectivity index (χ2v) is 4.96. The van der Waals surface area contributed by atoms with Gasteiger partial charge in [-0.05, 0) is 30.2 Å². The largest absolute Gasteiger partial charge is 0.275 e. The molecular weight excluding hydrogens is 299 g/mol. The van der Waals surface area contributed by atoms with Gasteiger partial charge in [0.15, 0.2) is 0 Å². The molecule has 1 aromatic heterocycles. The minimum absolute atomic E-state index is 0.100.